The first-order chi connectivity index (χ1) is 11.3. The van der Waals surface area contributed by atoms with Crippen molar-refractivity contribution in [2.45, 2.75) is 25.4 Å². The summed E-state index contributed by atoms with van der Waals surface area (Å²) in [5, 5.41) is 11.8. The van der Waals surface area contributed by atoms with Crippen molar-refractivity contribution in [3.63, 3.8) is 0 Å². The van der Waals surface area contributed by atoms with E-state index in [9.17, 15) is 4.79 Å². The molecule has 1 aliphatic heterocycles. The topological polar surface area (TPSA) is 103 Å². The first kappa shape index (κ1) is 14.3. The Labute approximate surface area is 136 Å². The standard InChI is InChI=1S/C14H17N7OS/c22-14-18-11(19-20-14)7-15-9-1-4-21(5-2-9)13-12-10(3-6-23-12)16-8-17-13/h3,6,8-9,15H,1-2,4-5,7H2,(H2,18,19,20,22). The Kier molecular flexibility index (Phi) is 3.80. The van der Waals surface area contributed by atoms with E-state index in [0.717, 1.165) is 42.0 Å². The molecule has 120 valence electrons. The molecule has 0 unspecified atom stereocenters. The summed E-state index contributed by atoms with van der Waals surface area (Å²) in [6.45, 7) is 2.49. The zero-order chi connectivity index (χ0) is 15.6. The lowest BCUT2D eigenvalue weighted by Crippen LogP contribution is -2.42. The van der Waals surface area contributed by atoms with Crippen LogP contribution in [0.25, 0.3) is 10.2 Å². The van der Waals surface area contributed by atoms with Gasteiger partial charge in [-0.15, -0.1) is 11.3 Å². The Bertz CT molecular complexity index is 846. The van der Waals surface area contributed by atoms with Crippen molar-refractivity contribution >= 4 is 27.4 Å². The normalized spacial score (nSPS) is 16.3. The average molecular weight is 331 g/mol. The number of hydrogen-bond acceptors (Lipinski definition) is 7. The lowest BCUT2D eigenvalue weighted by Gasteiger charge is -2.33. The van der Waals surface area contributed by atoms with E-state index in [1.807, 2.05) is 6.07 Å². The van der Waals surface area contributed by atoms with Gasteiger partial charge in [-0.2, -0.15) is 5.10 Å². The van der Waals surface area contributed by atoms with Gasteiger partial charge in [0.25, 0.3) is 0 Å². The van der Waals surface area contributed by atoms with Gasteiger partial charge < -0.3 is 10.2 Å². The minimum absolute atomic E-state index is 0.264. The molecule has 4 rings (SSSR count). The van der Waals surface area contributed by atoms with Crippen molar-refractivity contribution in [1.29, 1.82) is 0 Å². The van der Waals surface area contributed by atoms with Crippen molar-refractivity contribution in [3.8, 4) is 0 Å². The molecule has 3 N–H and O–H groups in total. The second-order valence-electron chi connectivity index (χ2n) is 5.60. The maximum atomic E-state index is 11.0. The third-order valence-corrected chi connectivity index (χ3v) is 5.03. The summed E-state index contributed by atoms with van der Waals surface area (Å²) in [6.07, 6.45) is 3.71. The summed E-state index contributed by atoms with van der Waals surface area (Å²) in [5.74, 6) is 1.69. The highest BCUT2D eigenvalue weighted by Gasteiger charge is 2.22. The van der Waals surface area contributed by atoms with E-state index in [1.54, 1.807) is 17.7 Å². The number of piperidine rings is 1. The van der Waals surface area contributed by atoms with Crippen molar-refractivity contribution in [1.82, 2.24) is 30.5 Å². The quantitative estimate of drug-likeness (QED) is 0.655. The number of thiophene rings is 1. The van der Waals surface area contributed by atoms with Crippen molar-refractivity contribution in [2.24, 2.45) is 0 Å². The third kappa shape index (κ3) is 2.97. The van der Waals surface area contributed by atoms with E-state index in [2.05, 4.69) is 40.7 Å². The molecule has 0 aromatic carbocycles. The molecule has 9 heteroatoms. The zero-order valence-electron chi connectivity index (χ0n) is 12.5. The van der Waals surface area contributed by atoms with Gasteiger partial charge in [0, 0.05) is 19.1 Å². The van der Waals surface area contributed by atoms with Crippen LogP contribution in [0.3, 0.4) is 0 Å². The summed E-state index contributed by atoms with van der Waals surface area (Å²) in [4.78, 5) is 24.8. The van der Waals surface area contributed by atoms with E-state index in [4.69, 9.17) is 0 Å². The molecule has 0 spiro atoms. The van der Waals surface area contributed by atoms with Gasteiger partial charge in [0.15, 0.2) is 0 Å². The zero-order valence-corrected chi connectivity index (χ0v) is 13.3. The van der Waals surface area contributed by atoms with Gasteiger partial charge in [0.2, 0.25) is 0 Å². The van der Waals surface area contributed by atoms with Crippen LogP contribution >= 0.6 is 11.3 Å². The molecule has 0 saturated carbocycles. The second kappa shape index (κ2) is 6.09. The largest absolute Gasteiger partial charge is 0.355 e. The molecule has 23 heavy (non-hydrogen) atoms. The molecule has 0 amide bonds. The molecule has 1 saturated heterocycles. The minimum Gasteiger partial charge on any atom is -0.355 e. The molecule has 0 radical (unpaired) electrons. The van der Waals surface area contributed by atoms with Gasteiger partial charge in [-0.1, -0.05) is 0 Å². The maximum Gasteiger partial charge on any atom is 0.340 e. The SMILES string of the molecule is O=c1[nH]nc(CNC2CCN(c3ncnc4ccsc34)CC2)[nH]1. The third-order valence-electron chi connectivity index (χ3n) is 4.13. The molecular formula is C14H17N7OS. The molecule has 3 aromatic rings. The van der Waals surface area contributed by atoms with Crippen LogP contribution < -0.4 is 15.9 Å². The van der Waals surface area contributed by atoms with Crippen molar-refractivity contribution in [3.05, 3.63) is 34.1 Å². The highest BCUT2D eigenvalue weighted by molar-refractivity contribution is 7.17. The average Bonchev–Trinajstić information content (AvgIpc) is 3.22. The van der Waals surface area contributed by atoms with E-state index >= 15 is 0 Å². The van der Waals surface area contributed by atoms with Crippen LogP contribution in [0.1, 0.15) is 18.7 Å². The van der Waals surface area contributed by atoms with Gasteiger partial charge in [-0.25, -0.2) is 19.9 Å². The fourth-order valence-electron chi connectivity index (χ4n) is 2.93. The van der Waals surface area contributed by atoms with Crippen LogP contribution in [0.4, 0.5) is 5.82 Å². The number of nitrogens with one attached hydrogen (secondary N) is 3. The fraction of sp³-hybridized carbons (Fsp3) is 0.429. The van der Waals surface area contributed by atoms with Crippen LogP contribution in [0.2, 0.25) is 0 Å². The smallest absolute Gasteiger partial charge is 0.340 e. The van der Waals surface area contributed by atoms with Crippen LogP contribution in [0.5, 0.6) is 0 Å². The predicted molar refractivity (Wildman–Crippen MR) is 88.7 cm³/mol. The molecule has 0 aliphatic carbocycles. The van der Waals surface area contributed by atoms with Crippen molar-refractivity contribution < 1.29 is 0 Å². The van der Waals surface area contributed by atoms with E-state index in [1.165, 1.54) is 0 Å². The number of fused-ring (bicyclic) bond motifs is 1. The first-order valence-electron chi connectivity index (χ1n) is 7.60. The lowest BCUT2D eigenvalue weighted by molar-refractivity contribution is 0.409. The number of aromatic nitrogens is 5. The Morgan fingerprint density at radius 2 is 2.22 bits per heavy atom. The first-order valence-corrected chi connectivity index (χ1v) is 8.47. The maximum absolute atomic E-state index is 11.0. The summed E-state index contributed by atoms with van der Waals surface area (Å²) in [6, 6.07) is 2.46. The Morgan fingerprint density at radius 1 is 1.35 bits per heavy atom. The Hall–Kier alpha value is -2.26. The lowest BCUT2D eigenvalue weighted by atomic mass is 10.1. The fourth-order valence-corrected chi connectivity index (χ4v) is 3.79. The highest BCUT2D eigenvalue weighted by Crippen LogP contribution is 2.29. The van der Waals surface area contributed by atoms with E-state index < -0.39 is 0 Å². The second-order valence-corrected chi connectivity index (χ2v) is 6.52. The van der Waals surface area contributed by atoms with Crippen LogP contribution in [0, 0.1) is 0 Å². The predicted octanol–water partition coefficient (Wildman–Crippen LogP) is 0.861. The number of anilines is 1. The van der Waals surface area contributed by atoms with E-state index in [-0.39, 0.29) is 5.69 Å². The molecule has 8 nitrogen and oxygen atoms in total. The molecular weight excluding hydrogens is 314 g/mol. The van der Waals surface area contributed by atoms with Gasteiger partial charge in [-0.3, -0.25) is 4.98 Å². The number of aromatic amines is 2. The molecule has 4 heterocycles. The van der Waals surface area contributed by atoms with Crippen LogP contribution in [0.15, 0.2) is 22.6 Å². The highest BCUT2D eigenvalue weighted by atomic mass is 32.1. The monoisotopic (exact) mass is 331 g/mol. The summed E-state index contributed by atoms with van der Waals surface area (Å²) in [7, 11) is 0. The van der Waals surface area contributed by atoms with Gasteiger partial charge >= 0.3 is 5.69 Å². The number of hydrogen-bond donors (Lipinski definition) is 3. The molecule has 0 atom stereocenters. The Morgan fingerprint density at radius 3 is 3.00 bits per heavy atom. The van der Waals surface area contributed by atoms with Gasteiger partial charge in [0.05, 0.1) is 16.8 Å². The van der Waals surface area contributed by atoms with E-state index in [0.29, 0.717) is 18.4 Å². The van der Waals surface area contributed by atoms with Gasteiger partial charge in [-0.05, 0) is 24.3 Å². The number of H-pyrrole nitrogens is 2. The minimum atomic E-state index is -0.264. The molecule has 0 bridgehead atoms. The molecule has 1 aliphatic rings. The number of nitrogens with zero attached hydrogens (tertiary/aromatic N) is 4. The van der Waals surface area contributed by atoms with Crippen LogP contribution in [-0.4, -0.2) is 44.3 Å². The number of rotatable bonds is 4. The van der Waals surface area contributed by atoms with Crippen LogP contribution in [-0.2, 0) is 6.54 Å². The Balaban J connectivity index is 1.37. The summed E-state index contributed by atoms with van der Waals surface area (Å²) >= 11 is 1.69. The van der Waals surface area contributed by atoms with Gasteiger partial charge in [0.1, 0.15) is 18.0 Å². The summed E-state index contributed by atoms with van der Waals surface area (Å²) in [5.41, 5.74) is 0.753. The van der Waals surface area contributed by atoms with Crippen molar-refractivity contribution in [2.75, 3.05) is 18.0 Å². The molecule has 1 fully saturated rings. The molecule has 3 aromatic heterocycles. The summed E-state index contributed by atoms with van der Waals surface area (Å²) < 4.78 is 1.16.